The molecule has 1 fully saturated rings. The van der Waals surface area contributed by atoms with Crippen LogP contribution in [0.3, 0.4) is 0 Å². The van der Waals surface area contributed by atoms with Crippen molar-refractivity contribution < 1.29 is 13.6 Å². The van der Waals surface area contributed by atoms with Crippen molar-refractivity contribution in [3.05, 3.63) is 0 Å². The smallest absolute Gasteiger partial charge is 0.315 e. The first kappa shape index (κ1) is 13.4. The fraction of sp³-hybridized carbons (Fsp3) is 0.917. The molecule has 2 nitrogen and oxygen atoms in total. The average Bonchev–Trinajstić information content (AvgIpc) is 2.17. The highest BCUT2D eigenvalue weighted by atomic mass is 19.3. The number of amides is 1. The van der Waals surface area contributed by atoms with Crippen LogP contribution in [0.15, 0.2) is 0 Å². The SMILES string of the molecule is CC(C)(C)[C@H]1CC[C@H](NC(=O)C(F)F)CC1. The number of alkyl halides is 2. The van der Waals surface area contributed by atoms with Gasteiger partial charge in [0.1, 0.15) is 0 Å². The molecular formula is C12H21F2NO. The van der Waals surface area contributed by atoms with E-state index in [1.165, 1.54) is 0 Å². The number of hydrogen-bond donors (Lipinski definition) is 1. The number of halogens is 2. The first-order valence-corrected chi connectivity index (χ1v) is 5.89. The van der Waals surface area contributed by atoms with Gasteiger partial charge in [-0.1, -0.05) is 20.8 Å². The van der Waals surface area contributed by atoms with E-state index >= 15 is 0 Å². The van der Waals surface area contributed by atoms with E-state index in [-0.39, 0.29) is 11.5 Å². The van der Waals surface area contributed by atoms with Gasteiger partial charge in [0.15, 0.2) is 0 Å². The summed E-state index contributed by atoms with van der Waals surface area (Å²) < 4.78 is 24.1. The summed E-state index contributed by atoms with van der Waals surface area (Å²) in [5.74, 6) is -0.494. The number of carbonyl (C=O) groups is 1. The van der Waals surface area contributed by atoms with Gasteiger partial charge >= 0.3 is 6.43 Å². The van der Waals surface area contributed by atoms with E-state index in [1.807, 2.05) is 0 Å². The molecule has 94 valence electrons. The monoisotopic (exact) mass is 233 g/mol. The van der Waals surface area contributed by atoms with Crippen molar-refractivity contribution in [1.29, 1.82) is 0 Å². The van der Waals surface area contributed by atoms with Crippen LogP contribution < -0.4 is 5.32 Å². The molecule has 0 radical (unpaired) electrons. The van der Waals surface area contributed by atoms with Crippen molar-refractivity contribution in [1.82, 2.24) is 5.32 Å². The van der Waals surface area contributed by atoms with Gasteiger partial charge in [0.25, 0.3) is 5.91 Å². The van der Waals surface area contributed by atoms with Gasteiger partial charge in [-0.3, -0.25) is 4.79 Å². The van der Waals surface area contributed by atoms with Crippen LogP contribution in [0.1, 0.15) is 46.5 Å². The Labute approximate surface area is 95.8 Å². The first-order valence-electron chi connectivity index (χ1n) is 5.89. The van der Waals surface area contributed by atoms with Crippen LogP contribution in [0.4, 0.5) is 8.78 Å². The molecule has 4 heteroatoms. The van der Waals surface area contributed by atoms with E-state index in [4.69, 9.17) is 0 Å². The third-order valence-corrected chi connectivity index (χ3v) is 3.50. The lowest BCUT2D eigenvalue weighted by atomic mass is 9.71. The van der Waals surface area contributed by atoms with Crippen LogP contribution in [0.2, 0.25) is 0 Å². The van der Waals surface area contributed by atoms with Crippen LogP contribution in [-0.2, 0) is 4.79 Å². The molecule has 0 aromatic rings. The highest BCUT2D eigenvalue weighted by Crippen LogP contribution is 2.37. The minimum absolute atomic E-state index is 0.0555. The predicted octanol–water partition coefficient (Wildman–Crippen LogP) is 2.97. The van der Waals surface area contributed by atoms with Crippen molar-refractivity contribution in [3.8, 4) is 0 Å². The Kier molecular flexibility index (Phi) is 4.28. The number of nitrogens with one attached hydrogen (secondary N) is 1. The molecule has 1 N–H and O–H groups in total. The van der Waals surface area contributed by atoms with Crippen molar-refractivity contribution >= 4 is 5.91 Å². The Hall–Kier alpha value is -0.670. The summed E-state index contributed by atoms with van der Waals surface area (Å²) in [6, 6.07) is -0.0555. The van der Waals surface area contributed by atoms with Crippen molar-refractivity contribution in [2.24, 2.45) is 11.3 Å². The molecule has 16 heavy (non-hydrogen) atoms. The second kappa shape index (κ2) is 5.11. The molecular weight excluding hydrogens is 212 g/mol. The highest BCUT2D eigenvalue weighted by molar-refractivity contribution is 5.79. The van der Waals surface area contributed by atoms with Gasteiger partial charge in [-0.25, -0.2) is 0 Å². The van der Waals surface area contributed by atoms with Crippen LogP contribution in [-0.4, -0.2) is 18.4 Å². The zero-order chi connectivity index (χ0) is 12.3. The summed E-state index contributed by atoms with van der Waals surface area (Å²) in [4.78, 5) is 10.8. The molecule has 1 amide bonds. The van der Waals surface area contributed by atoms with E-state index in [0.717, 1.165) is 25.7 Å². The molecule has 1 aliphatic carbocycles. The minimum Gasteiger partial charge on any atom is -0.348 e. The van der Waals surface area contributed by atoms with E-state index in [9.17, 15) is 13.6 Å². The van der Waals surface area contributed by atoms with Gasteiger partial charge < -0.3 is 5.32 Å². The summed E-state index contributed by atoms with van der Waals surface area (Å²) in [5.41, 5.74) is 0.275. The predicted molar refractivity (Wildman–Crippen MR) is 59.3 cm³/mol. The lowest BCUT2D eigenvalue weighted by molar-refractivity contribution is -0.132. The number of hydrogen-bond acceptors (Lipinski definition) is 1. The van der Waals surface area contributed by atoms with Gasteiger partial charge in [-0.2, -0.15) is 8.78 Å². The molecule has 0 aromatic carbocycles. The molecule has 0 bridgehead atoms. The number of carbonyl (C=O) groups excluding carboxylic acids is 1. The lowest BCUT2D eigenvalue weighted by Gasteiger charge is -2.37. The molecule has 0 aliphatic heterocycles. The fourth-order valence-electron chi connectivity index (χ4n) is 2.37. The molecule has 0 aromatic heterocycles. The zero-order valence-electron chi connectivity index (χ0n) is 10.2. The summed E-state index contributed by atoms with van der Waals surface area (Å²) >= 11 is 0. The molecule has 1 saturated carbocycles. The van der Waals surface area contributed by atoms with Crippen LogP contribution in [0.5, 0.6) is 0 Å². The Morgan fingerprint density at radius 2 is 1.69 bits per heavy atom. The topological polar surface area (TPSA) is 29.1 Å². The second-order valence-electron chi connectivity index (χ2n) is 5.72. The van der Waals surface area contributed by atoms with Crippen LogP contribution >= 0.6 is 0 Å². The molecule has 1 rings (SSSR count). The third-order valence-electron chi connectivity index (χ3n) is 3.50. The van der Waals surface area contributed by atoms with E-state index in [0.29, 0.717) is 5.92 Å². The zero-order valence-corrected chi connectivity index (χ0v) is 10.2. The first-order chi connectivity index (χ1) is 7.30. The van der Waals surface area contributed by atoms with Gasteiger partial charge in [-0.15, -0.1) is 0 Å². The standard InChI is InChI=1S/C12H21F2NO/c1-12(2,3)8-4-6-9(7-5-8)15-11(16)10(13)14/h8-10H,4-7H2,1-3H3,(H,15,16)/t8-,9-. The second-order valence-corrected chi connectivity index (χ2v) is 5.72. The molecule has 0 saturated heterocycles. The Bertz CT molecular complexity index is 240. The average molecular weight is 233 g/mol. The van der Waals surface area contributed by atoms with Crippen molar-refractivity contribution in [3.63, 3.8) is 0 Å². The highest BCUT2D eigenvalue weighted by Gasteiger charge is 2.31. The Balaban J connectivity index is 2.35. The quantitative estimate of drug-likeness (QED) is 0.780. The van der Waals surface area contributed by atoms with Crippen molar-refractivity contribution in [2.45, 2.75) is 58.9 Å². The van der Waals surface area contributed by atoms with Gasteiger partial charge in [0.2, 0.25) is 0 Å². The largest absolute Gasteiger partial charge is 0.348 e. The van der Waals surface area contributed by atoms with Gasteiger partial charge in [0.05, 0.1) is 0 Å². The summed E-state index contributed by atoms with van der Waals surface area (Å²) in [6.45, 7) is 6.61. The van der Waals surface area contributed by atoms with Crippen molar-refractivity contribution in [2.75, 3.05) is 0 Å². The summed E-state index contributed by atoms with van der Waals surface area (Å²) in [5, 5.41) is 2.40. The summed E-state index contributed by atoms with van der Waals surface area (Å²) in [6.07, 6.45) is 0.774. The normalized spacial score (nSPS) is 26.9. The maximum atomic E-state index is 12.0. The molecule has 0 unspecified atom stereocenters. The molecule has 0 spiro atoms. The maximum Gasteiger partial charge on any atom is 0.315 e. The van der Waals surface area contributed by atoms with Gasteiger partial charge in [0, 0.05) is 6.04 Å². The summed E-state index contributed by atoms with van der Waals surface area (Å²) in [7, 11) is 0. The van der Waals surface area contributed by atoms with Gasteiger partial charge in [-0.05, 0) is 37.0 Å². The fourth-order valence-corrected chi connectivity index (χ4v) is 2.37. The Morgan fingerprint density at radius 3 is 2.06 bits per heavy atom. The molecule has 0 atom stereocenters. The van der Waals surface area contributed by atoms with E-state index < -0.39 is 12.3 Å². The molecule has 0 heterocycles. The van der Waals surface area contributed by atoms with Crippen LogP contribution in [0.25, 0.3) is 0 Å². The third kappa shape index (κ3) is 3.72. The molecule has 1 aliphatic rings. The number of rotatable bonds is 2. The lowest BCUT2D eigenvalue weighted by Crippen LogP contribution is -2.41. The van der Waals surface area contributed by atoms with E-state index in [1.54, 1.807) is 0 Å². The Morgan fingerprint density at radius 1 is 1.19 bits per heavy atom. The minimum atomic E-state index is -2.89. The van der Waals surface area contributed by atoms with E-state index in [2.05, 4.69) is 26.1 Å². The maximum absolute atomic E-state index is 12.0. The van der Waals surface area contributed by atoms with Crippen LogP contribution in [0, 0.1) is 11.3 Å².